The molecule has 2 heterocycles. The first-order valence-corrected chi connectivity index (χ1v) is 11.8. The molecular formula is C23H27N2O4P. The highest BCUT2D eigenvalue weighted by Crippen LogP contribution is 2.48. The van der Waals surface area contributed by atoms with Gasteiger partial charge in [0.25, 0.3) is 0 Å². The quantitative estimate of drug-likeness (QED) is 0.462. The molecule has 1 saturated heterocycles. The zero-order chi connectivity index (χ0) is 21.0. The Balaban J connectivity index is 1.74. The van der Waals surface area contributed by atoms with Crippen molar-refractivity contribution in [3.8, 4) is 0 Å². The minimum absolute atomic E-state index is 0.166. The second kappa shape index (κ2) is 9.09. The SMILES string of the molecule is CCOP(=O)(OCC)c1ccc(C2N(c3ccccc3)CCN2c2ccccc2)o1. The van der Waals surface area contributed by atoms with Gasteiger partial charge in [-0.05, 0) is 50.2 Å². The highest BCUT2D eigenvalue weighted by atomic mass is 31.2. The Morgan fingerprint density at radius 1 is 0.833 bits per heavy atom. The minimum atomic E-state index is -3.48. The summed E-state index contributed by atoms with van der Waals surface area (Å²) in [5.41, 5.74) is 2.46. The fourth-order valence-electron chi connectivity index (χ4n) is 3.85. The average molecular weight is 426 g/mol. The second-order valence-electron chi connectivity index (χ2n) is 6.94. The molecule has 1 aliphatic heterocycles. The first-order valence-electron chi connectivity index (χ1n) is 10.3. The van der Waals surface area contributed by atoms with Gasteiger partial charge in [0, 0.05) is 24.5 Å². The first-order chi connectivity index (χ1) is 14.7. The van der Waals surface area contributed by atoms with E-state index >= 15 is 0 Å². The van der Waals surface area contributed by atoms with Gasteiger partial charge in [0.05, 0.1) is 13.2 Å². The summed E-state index contributed by atoms with van der Waals surface area (Å²) in [4.78, 5) is 4.59. The summed E-state index contributed by atoms with van der Waals surface area (Å²) in [5, 5.41) is 0. The number of nitrogens with zero attached hydrogens (tertiary/aromatic N) is 2. The summed E-state index contributed by atoms with van der Waals surface area (Å²) in [7, 11) is -3.48. The fourth-order valence-corrected chi connectivity index (χ4v) is 5.33. The van der Waals surface area contributed by atoms with Crippen molar-refractivity contribution in [2.45, 2.75) is 20.0 Å². The van der Waals surface area contributed by atoms with E-state index in [0.29, 0.717) is 5.76 Å². The van der Waals surface area contributed by atoms with Crippen LogP contribution >= 0.6 is 7.60 Å². The van der Waals surface area contributed by atoms with Gasteiger partial charge in [-0.1, -0.05) is 36.4 Å². The van der Waals surface area contributed by atoms with E-state index in [1.807, 2.05) is 42.5 Å². The van der Waals surface area contributed by atoms with Crippen molar-refractivity contribution in [1.29, 1.82) is 0 Å². The summed E-state index contributed by atoms with van der Waals surface area (Å²) < 4.78 is 30.3. The molecule has 0 aliphatic carbocycles. The van der Waals surface area contributed by atoms with E-state index in [0.717, 1.165) is 24.5 Å². The molecule has 30 heavy (non-hydrogen) atoms. The van der Waals surface area contributed by atoms with Crippen LogP contribution in [0.15, 0.2) is 77.2 Å². The third-order valence-electron chi connectivity index (χ3n) is 5.08. The summed E-state index contributed by atoms with van der Waals surface area (Å²) in [6.45, 7) is 5.83. The Labute approximate surface area is 177 Å². The molecule has 3 aromatic rings. The molecule has 0 spiro atoms. The molecule has 2 aromatic carbocycles. The topological polar surface area (TPSA) is 55.2 Å². The van der Waals surface area contributed by atoms with Crippen molar-refractivity contribution >= 4 is 24.5 Å². The number of benzene rings is 2. The molecule has 0 amide bonds. The molecule has 4 rings (SSSR count). The maximum atomic E-state index is 13.2. The minimum Gasteiger partial charge on any atom is -0.449 e. The van der Waals surface area contributed by atoms with E-state index in [4.69, 9.17) is 13.5 Å². The van der Waals surface area contributed by atoms with Gasteiger partial charge in [-0.25, -0.2) is 0 Å². The average Bonchev–Trinajstić information content (AvgIpc) is 3.43. The number of hydrogen-bond donors (Lipinski definition) is 0. The number of furan rings is 1. The lowest BCUT2D eigenvalue weighted by molar-refractivity contribution is 0.224. The van der Waals surface area contributed by atoms with Crippen LogP contribution < -0.4 is 15.3 Å². The normalized spacial score (nSPS) is 15.1. The molecule has 0 N–H and O–H groups in total. The molecule has 1 aromatic heterocycles. The van der Waals surface area contributed by atoms with E-state index in [-0.39, 0.29) is 24.9 Å². The van der Waals surface area contributed by atoms with Gasteiger partial charge in [-0.2, -0.15) is 0 Å². The molecule has 0 bridgehead atoms. The summed E-state index contributed by atoms with van der Waals surface area (Å²) in [6.07, 6.45) is -0.166. The van der Waals surface area contributed by atoms with E-state index in [9.17, 15) is 4.57 Å². The van der Waals surface area contributed by atoms with Crippen LogP contribution in [0.25, 0.3) is 0 Å². The molecule has 7 heteroatoms. The van der Waals surface area contributed by atoms with Gasteiger partial charge in [-0.15, -0.1) is 0 Å². The number of hydrogen-bond acceptors (Lipinski definition) is 6. The van der Waals surface area contributed by atoms with E-state index in [2.05, 4.69) is 34.1 Å². The zero-order valence-corrected chi connectivity index (χ0v) is 18.2. The molecule has 6 nitrogen and oxygen atoms in total. The predicted octanol–water partition coefficient (Wildman–Crippen LogP) is 5.20. The molecule has 0 atom stereocenters. The summed E-state index contributed by atoms with van der Waals surface area (Å²) in [5.74, 6) is 0.704. The standard InChI is InChI=1S/C23H27N2O4P/c1-3-27-30(26,28-4-2)22-16-15-21(29-22)23-24(19-11-7-5-8-12-19)17-18-25(23)20-13-9-6-10-14-20/h5-16,23H,3-4,17-18H2,1-2H3. The second-order valence-corrected chi connectivity index (χ2v) is 8.89. The van der Waals surface area contributed by atoms with Crippen LogP contribution in [0.2, 0.25) is 0 Å². The fraction of sp³-hybridized carbons (Fsp3) is 0.304. The maximum absolute atomic E-state index is 13.2. The Morgan fingerprint density at radius 3 is 1.80 bits per heavy atom. The summed E-state index contributed by atoms with van der Waals surface area (Å²) >= 11 is 0. The highest BCUT2D eigenvalue weighted by molar-refractivity contribution is 7.61. The van der Waals surface area contributed by atoms with Crippen molar-refractivity contribution in [2.75, 3.05) is 36.1 Å². The molecule has 0 radical (unpaired) electrons. The molecule has 1 fully saturated rings. The predicted molar refractivity (Wildman–Crippen MR) is 120 cm³/mol. The van der Waals surface area contributed by atoms with Gasteiger partial charge in [-0.3, -0.25) is 4.57 Å². The number of para-hydroxylation sites is 2. The number of rotatable bonds is 8. The van der Waals surface area contributed by atoms with Crippen LogP contribution in [0.4, 0.5) is 11.4 Å². The van der Waals surface area contributed by atoms with Crippen LogP contribution in [-0.2, 0) is 13.6 Å². The Bertz CT molecular complexity index is 935. The lowest BCUT2D eigenvalue weighted by atomic mass is 10.2. The van der Waals surface area contributed by atoms with Crippen LogP contribution in [0.3, 0.4) is 0 Å². The highest BCUT2D eigenvalue weighted by Gasteiger charge is 2.38. The van der Waals surface area contributed by atoms with Gasteiger partial charge in [0.2, 0.25) is 5.50 Å². The van der Waals surface area contributed by atoms with Crippen molar-refractivity contribution in [2.24, 2.45) is 0 Å². The van der Waals surface area contributed by atoms with Crippen molar-refractivity contribution < 1.29 is 18.0 Å². The Morgan fingerprint density at radius 2 is 1.33 bits per heavy atom. The lowest BCUT2D eigenvalue weighted by Crippen LogP contribution is -2.30. The van der Waals surface area contributed by atoms with E-state index < -0.39 is 7.60 Å². The van der Waals surface area contributed by atoms with Crippen molar-refractivity contribution in [3.63, 3.8) is 0 Å². The zero-order valence-electron chi connectivity index (χ0n) is 17.3. The van der Waals surface area contributed by atoms with Gasteiger partial charge < -0.3 is 23.3 Å². The van der Waals surface area contributed by atoms with Crippen molar-refractivity contribution in [1.82, 2.24) is 0 Å². The third kappa shape index (κ3) is 4.04. The lowest BCUT2D eigenvalue weighted by Gasteiger charge is -2.31. The van der Waals surface area contributed by atoms with Crippen LogP contribution in [0.1, 0.15) is 25.8 Å². The molecule has 0 unspecified atom stereocenters. The molecule has 1 aliphatic rings. The van der Waals surface area contributed by atoms with E-state index in [1.165, 1.54) is 0 Å². The van der Waals surface area contributed by atoms with Gasteiger partial charge >= 0.3 is 7.60 Å². The monoisotopic (exact) mass is 426 g/mol. The van der Waals surface area contributed by atoms with Crippen LogP contribution in [0, 0.1) is 0 Å². The number of anilines is 2. The summed E-state index contributed by atoms with van der Waals surface area (Å²) in [6, 6.07) is 24.1. The Kier molecular flexibility index (Phi) is 6.28. The maximum Gasteiger partial charge on any atom is 0.396 e. The van der Waals surface area contributed by atoms with Gasteiger partial charge in [0.1, 0.15) is 5.76 Å². The van der Waals surface area contributed by atoms with Crippen LogP contribution in [-0.4, -0.2) is 26.3 Å². The first kappa shape index (κ1) is 20.7. The van der Waals surface area contributed by atoms with E-state index in [1.54, 1.807) is 19.9 Å². The largest absolute Gasteiger partial charge is 0.449 e. The molecule has 0 saturated carbocycles. The Hall–Kier alpha value is -2.53. The van der Waals surface area contributed by atoms with Crippen LogP contribution in [0.5, 0.6) is 0 Å². The smallest absolute Gasteiger partial charge is 0.396 e. The molecular weight excluding hydrogens is 399 g/mol. The van der Waals surface area contributed by atoms with Crippen molar-refractivity contribution in [3.05, 3.63) is 78.6 Å². The van der Waals surface area contributed by atoms with Gasteiger partial charge in [0.15, 0.2) is 6.17 Å². The molecule has 158 valence electrons. The third-order valence-corrected chi connectivity index (χ3v) is 7.06.